The van der Waals surface area contributed by atoms with Crippen LogP contribution in [0, 0.1) is 11.6 Å². The van der Waals surface area contributed by atoms with E-state index in [1.165, 1.54) is 16.8 Å². The molecule has 0 aliphatic carbocycles. The smallest absolute Gasteiger partial charge is 0.240 e. The number of hydrogen-bond acceptors (Lipinski definition) is 5. The number of imidazole rings is 1. The third-order valence-electron chi connectivity index (χ3n) is 3.35. The first-order valence-electron chi connectivity index (χ1n) is 7.85. The van der Waals surface area contributed by atoms with Crippen LogP contribution in [0.3, 0.4) is 0 Å². The fourth-order valence-corrected chi connectivity index (χ4v) is 2.89. The van der Waals surface area contributed by atoms with Crippen molar-refractivity contribution >= 4 is 29.3 Å². The van der Waals surface area contributed by atoms with Crippen molar-refractivity contribution in [1.29, 1.82) is 0 Å². The van der Waals surface area contributed by atoms with Crippen LogP contribution in [-0.2, 0) is 22.7 Å². The molecule has 7 nitrogen and oxygen atoms in total. The molecule has 2 aromatic rings. The summed E-state index contributed by atoms with van der Waals surface area (Å²) in [5.41, 5.74) is 0.279. The Labute approximate surface area is 158 Å². The van der Waals surface area contributed by atoms with Crippen molar-refractivity contribution in [3.05, 3.63) is 54.4 Å². The number of anilines is 1. The summed E-state index contributed by atoms with van der Waals surface area (Å²) in [5, 5.41) is 14.7. The van der Waals surface area contributed by atoms with Gasteiger partial charge in [0, 0.05) is 12.6 Å². The zero-order valence-electron chi connectivity index (χ0n) is 14.2. The van der Waals surface area contributed by atoms with Crippen LogP contribution in [0.5, 0.6) is 0 Å². The van der Waals surface area contributed by atoms with Gasteiger partial charge in [-0.15, -0.1) is 6.58 Å². The summed E-state index contributed by atoms with van der Waals surface area (Å²) in [5.74, 6) is -2.57. The van der Waals surface area contributed by atoms with Crippen LogP contribution in [0.4, 0.5) is 14.5 Å². The summed E-state index contributed by atoms with van der Waals surface area (Å²) in [6, 6.07) is 2.83. The number of carbonyl (C=O) groups excluding carboxylic acids is 2. The summed E-state index contributed by atoms with van der Waals surface area (Å²) < 4.78 is 27.9. The van der Waals surface area contributed by atoms with Gasteiger partial charge in [-0.1, -0.05) is 17.8 Å². The van der Waals surface area contributed by atoms with Gasteiger partial charge in [-0.3, -0.25) is 9.59 Å². The van der Waals surface area contributed by atoms with E-state index in [4.69, 9.17) is 0 Å². The Morgan fingerprint density at radius 3 is 2.78 bits per heavy atom. The Bertz CT molecular complexity index is 842. The predicted octanol–water partition coefficient (Wildman–Crippen LogP) is 1.69. The van der Waals surface area contributed by atoms with Crippen LogP contribution < -0.4 is 10.6 Å². The lowest BCUT2D eigenvalue weighted by Crippen LogP contribution is -2.28. The van der Waals surface area contributed by atoms with E-state index in [0.717, 1.165) is 23.9 Å². The van der Waals surface area contributed by atoms with Gasteiger partial charge in [-0.2, -0.15) is 0 Å². The lowest BCUT2D eigenvalue weighted by Gasteiger charge is -2.11. The molecule has 0 aliphatic heterocycles. The molecule has 2 rings (SSSR count). The van der Waals surface area contributed by atoms with Crippen LogP contribution in [0.2, 0.25) is 0 Å². The minimum absolute atomic E-state index is 0.0831. The van der Waals surface area contributed by atoms with Crippen molar-refractivity contribution in [2.75, 3.05) is 17.6 Å². The first-order chi connectivity index (χ1) is 12.9. The maximum Gasteiger partial charge on any atom is 0.240 e. The topological polar surface area (TPSA) is 96.2 Å². The number of rotatable bonds is 9. The molecule has 0 fully saturated rings. The maximum atomic E-state index is 13.6. The number of aromatic nitrogens is 2. The molecule has 3 N–H and O–H groups in total. The van der Waals surface area contributed by atoms with E-state index >= 15 is 0 Å². The third kappa shape index (κ3) is 5.90. The Hall–Kier alpha value is -2.72. The Balaban J connectivity index is 2.00. The van der Waals surface area contributed by atoms with Gasteiger partial charge in [-0.05, 0) is 12.1 Å². The number of nitrogens with one attached hydrogen (secondary N) is 2. The third-order valence-corrected chi connectivity index (χ3v) is 4.34. The number of nitrogens with zero attached hydrogens (tertiary/aromatic N) is 2. The summed E-state index contributed by atoms with van der Waals surface area (Å²) in [6.07, 6.45) is 2.94. The predicted molar refractivity (Wildman–Crippen MR) is 97.1 cm³/mol. The minimum atomic E-state index is -0.878. The van der Waals surface area contributed by atoms with E-state index in [1.807, 2.05) is 0 Å². The molecule has 1 heterocycles. The molecular formula is C17H18F2N4O3S. The van der Waals surface area contributed by atoms with Crippen LogP contribution in [0.15, 0.2) is 42.2 Å². The van der Waals surface area contributed by atoms with E-state index in [-0.39, 0.29) is 30.5 Å². The molecule has 0 saturated heterocycles. The zero-order valence-corrected chi connectivity index (χ0v) is 15.1. The van der Waals surface area contributed by atoms with Crippen molar-refractivity contribution in [2.45, 2.75) is 18.3 Å². The van der Waals surface area contributed by atoms with Crippen molar-refractivity contribution in [2.24, 2.45) is 0 Å². The molecule has 0 atom stereocenters. The summed E-state index contributed by atoms with van der Waals surface area (Å²) >= 11 is 1.02. The molecule has 0 aliphatic rings. The molecule has 0 saturated carbocycles. The fraction of sp³-hybridized carbons (Fsp3) is 0.235. The molecule has 0 bridgehead atoms. The Morgan fingerprint density at radius 2 is 2.11 bits per heavy atom. The summed E-state index contributed by atoms with van der Waals surface area (Å²) in [7, 11) is 0. The highest BCUT2D eigenvalue weighted by Gasteiger charge is 2.15. The number of amides is 2. The average molecular weight is 396 g/mol. The first kappa shape index (κ1) is 20.6. The highest BCUT2D eigenvalue weighted by Crippen LogP contribution is 2.20. The highest BCUT2D eigenvalue weighted by molar-refractivity contribution is 7.99. The number of halogens is 2. The first-order valence-corrected chi connectivity index (χ1v) is 8.83. The quantitative estimate of drug-likeness (QED) is 0.443. The van der Waals surface area contributed by atoms with Crippen LogP contribution in [-0.4, -0.2) is 38.8 Å². The second kappa shape index (κ2) is 9.83. The van der Waals surface area contributed by atoms with E-state index < -0.39 is 17.5 Å². The molecule has 1 aromatic carbocycles. The monoisotopic (exact) mass is 396 g/mol. The van der Waals surface area contributed by atoms with Crippen molar-refractivity contribution < 1.29 is 23.5 Å². The lowest BCUT2D eigenvalue weighted by molar-refractivity contribution is -0.121. The van der Waals surface area contributed by atoms with E-state index in [2.05, 4.69) is 22.2 Å². The highest BCUT2D eigenvalue weighted by atomic mass is 32.2. The van der Waals surface area contributed by atoms with Crippen molar-refractivity contribution in [3.63, 3.8) is 0 Å². The molecule has 0 radical (unpaired) electrons. The van der Waals surface area contributed by atoms with E-state index in [9.17, 15) is 23.5 Å². The second-order valence-corrected chi connectivity index (χ2v) is 6.27. The summed E-state index contributed by atoms with van der Waals surface area (Å²) in [6.45, 7) is 3.40. The lowest BCUT2D eigenvalue weighted by atomic mass is 10.3. The molecule has 0 unspecified atom stereocenters. The maximum absolute atomic E-state index is 13.6. The normalized spacial score (nSPS) is 10.5. The summed E-state index contributed by atoms with van der Waals surface area (Å²) in [4.78, 5) is 28.0. The van der Waals surface area contributed by atoms with Gasteiger partial charge in [0.15, 0.2) is 5.16 Å². The van der Waals surface area contributed by atoms with Crippen molar-refractivity contribution in [3.8, 4) is 0 Å². The Morgan fingerprint density at radius 1 is 1.33 bits per heavy atom. The number of thioether (sulfide) groups is 1. The molecule has 2 amide bonds. The SMILES string of the molecule is C=CCNC(=O)Cn1c(CO)cnc1SCC(=O)Nc1ccc(F)cc1F. The van der Waals surface area contributed by atoms with Crippen LogP contribution >= 0.6 is 11.8 Å². The van der Waals surface area contributed by atoms with Crippen LogP contribution in [0.25, 0.3) is 0 Å². The standard InChI is InChI=1S/C17H18F2N4O3S/c1-2-5-20-15(25)8-23-12(9-24)7-21-17(23)27-10-16(26)22-14-4-3-11(18)6-13(14)19/h2-4,6-7,24H,1,5,8-10H2,(H,20,25)(H,22,26). The number of carbonyl (C=O) groups is 2. The van der Waals surface area contributed by atoms with Gasteiger partial charge in [0.25, 0.3) is 0 Å². The van der Waals surface area contributed by atoms with Gasteiger partial charge in [0.05, 0.1) is 29.9 Å². The van der Waals surface area contributed by atoms with Gasteiger partial charge < -0.3 is 20.3 Å². The molecule has 144 valence electrons. The number of aliphatic hydroxyl groups is 1. The van der Waals surface area contributed by atoms with E-state index in [0.29, 0.717) is 23.5 Å². The number of hydrogen-bond donors (Lipinski definition) is 3. The minimum Gasteiger partial charge on any atom is -0.390 e. The molecule has 27 heavy (non-hydrogen) atoms. The zero-order chi connectivity index (χ0) is 19.8. The van der Waals surface area contributed by atoms with E-state index in [1.54, 1.807) is 0 Å². The Kier molecular flexibility index (Phi) is 7.50. The van der Waals surface area contributed by atoms with Crippen LogP contribution in [0.1, 0.15) is 5.69 Å². The fourth-order valence-electron chi connectivity index (χ4n) is 2.10. The molecule has 0 spiro atoms. The van der Waals surface area contributed by atoms with Crippen molar-refractivity contribution in [1.82, 2.24) is 14.9 Å². The van der Waals surface area contributed by atoms with Gasteiger partial charge in [-0.25, -0.2) is 13.8 Å². The molecule has 1 aromatic heterocycles. The van der Waals surface area contributed by atoms with Gasteiger partial charge in [0.1, 0.15) is 18.2 Å². The largest absolute Gasteiger partial charge is 0.390 e. The number of aliphatic hydroxyl groups excluding tert-OH is 1. The van der Waals surface area contributed by atoms with Gasteiger partial charge >= 0.3 is 0 Å². The van der Waals surface area contributed by atoms with Gasteiger partial charge in [0.2, 0.25) is 11.8 Å². The molecular weight excluding hydrogens is 378 g/mol. The number of benzene rings is 1. The second-order valence-electron chi connectivity index (χ2n) is 5.33. The average Bonchev–Trinajstić information content (AvgIpc) is 3.02. The molecule has 10 heteroatoms.